The second-order valence-corrected chi connectivity index (χ2v) is 6.27. The minimum absolute atomic E-state index is 0.0458. The normalized spacial score (nSPS) is 20.7. The van der Waals surface area contributed by atoms with Gasteiger partial charge in [-0.25, -0.2) is 9.31 Å². The highest BCUT2D eigenvalue weighted by atomic mass is 16.2. The van der Waals surface area contributed by atoms with E-state index in [0.29, 0.717) is 11.6 Å². The van der Waals surface area contributed by atoms with Crippen LogP contribution in [0.4, 0.5) is 10.7 Å². The molecular formula is C18H20N6O. The molecule has 0 aliphatic carbocycles. The molecule has 3 heterocycles. The molecule has 1 aliphatic rings. The predicted molar refractivity (Wildman–Crippen MR) is 95.4 cm³/mol. The largest absolute Gasteiger partial charge is 0.333 e. The number of nitrogens with zero attached hydrogens (tertiary/aromatic N) is 4. The molecule has 0 spiro atoms. The summed E-state index contributed by atoms with van der Waals surface area (Å²) < 4.78 is 1.63. The lowest BCUT2D eigenvalue weighted by molar-refractivity contribution is 0.240. The lowest BCUT2D eigenvalue weighted by Crippen LogP contribution is -2.41. The summed E-state index contributed by atoms with van der Waals surface area (Å²) in [7, 11) is 2.08. The number of benzene rings is 1. The maximum absolute atomic E-state index is 12.4. The smallest absolute Gasteiger partial charge is 0.321 e. The van der Waals surface area contributed by atoms with Gasteiger partial charge in [-0.1, -0.05) is 36.4 Å². The Hall–Kier alpha value is -2.93. The fraction of sp³-hybridized carbons (Fsp3) is 0.278. The molecule has 1 fully saturated rings. The van der Waals surface area contributed by atoms with Crippen LogP contribution in [0.25, 0.3) is 5.65 Å². The quantitative estimate of drug-likeness (QED) is 0.770. The summed E-state index contributed by atoms with van der Waals surface area (Å²) >= 11 is 0. The first-order valence-electron chi connectivity index (χ1n) is 8.35. The van der Waals surface area contributed by atoms with Crippen molar-refractivity contribution in [1.82, 2.24) is 24.8 Å². The van der Waals surface area contributed by atoms with Gasteiger partial charge >= 0.3 is 6.03 Å². The third-order valence-corrected chi connectivity index (χ3v) is 4.57. The maximum atomic E-state index is 12.4. The van der Waals surface area contributed by atoms with Crippen LogP contribution in [0.5, 0.6) is 0 Å². The van der Waals surface area contributed by atoms with E-state index in [1.807, 2.05) is 36.4 Å². The predicted octanol–water partition coefficient (Wildman–Crippen LogP) is 2.30. The van der Waals surface area contributed by atoms with Crippen LogP contribution in [0.3, 0.4) is 0 Å². The Kier molecular flexibility index (Phi) is 4.07. The van der Waals surface area contributed by atoms with Gasteiger partial charge < -0.3 is 5.32 Å². The van der Waals surface area contributed by atoms with Crippen LogP contribution in [0.1, 0.15) is 18.0 Å². The molecule has 128 valence electrons. The second-order valence-electron chi connectivity index (χ2n) is 6.27. The molecule has 1 saturated heterocycles. The van der Waals surface area contributed by atoms with Crippen molar-refractivity contribution in [3.63, 3.8) is 0 Å². The first-order valence-corrected chi connectivity index (χ1v) is 8.35. The number of likely N-dealkylation sites (tertiary alicyclic amines) is 1. The van der Waals surface area contributed by atoms with Crippen LogP contribution in [0.2, 0.25) is 0 Å². The number of hydrogen-bond acceptors (Lipinski definition) is 4. The van der Waals surface area contributed by atoms with Crippen molar-refractivity contribution < 1.29 is 4.79 Å². The highest BCUT2D eigenvalue weighted by Gasteiger charge is 2.34. The van der Waals surface area contributed by atoms with Gasteiger partial charge in [-0.3, -0.25) is 10.2 Å². The molecule has 0 saturated carbocycles. The summed E-state index contributed by atoms with van der Waals surface area (Å²) in [4.78, 5) is 19.0. The number of hydrogen-bond donors (Lipinski definition) is 2. The number of nitrogens with one attached hydrogen (secondary N) is 2. The van der Waals surface area contributed by atoms with Gasteiger partial charge in [-0.05, 0) is 31.2 Å². The molecule has 7 heteroatoms. The van der Waals surface area contributed by atoms with Crippen LogP contribution < -0.4 is 10.6 Å². The summed E-state index contributed by atoms with van der Waals surface area (Å²) in [5, 5.41) is 10.0. The van der Waals surface area contributed by atoms with Gasteiger partial charge in [0.15, 0.2) is 5.65 Å². The highest BCUT2D eigenvalue weighted by Crippen LogP contribution is 2.30. The number of carbonyl (C=O) groups excluding carboxylic acids is 1. The van der Waals surface area contributed by atoms with E-state index < -0.39 is 0 Å². The molecule has 0 radical (unpaired) electrons. The standard InChI is InChI=1S/C18H20N6O/c1-23-12-10-14(16(23)13-7-3-2-4-8-13)19-18(25)21-17-20-15-9-5-6-11-24(15)22-17/h2-9,11,14,16H,10,12H2,1H3,(H2,19,21,22,25). The van der Waals surface area contributed by atoms with Gasteiger partial charge in [-0.15, -0.1) is 5.10 Å². The fourth-order valence-corrected chi connectivity index (χ4v) is 3.43. The molecule has 0 bridgehead atoms. The summed E-state index contributed by atoms with van der Waals surface area (Å²) in [6.45, 7) is 0.942. The molecule has 2 unspecified atom stereocenters. The average molecular weight is 336 g/mol. The van der Waals surface area contributed by atoms with Gasteiger partial charge in [0.1, 0.15) is 0 Å². The summed E-state index contributed by atoms with van der Waals surface area (Å²) in [6.07, 6.45) is 2.70. The number of pyridine rings is 1. The number of urea groups is 1. The lowest BCUT2D eigenvalue weighted by Gasteiger charge is -2.26. The summed E-state index contributed by atoms with van der Waals surface area (Å²) in [5.74, 6) is 0.298. The van der Waals surface area contributed by atoms with E-state index in [0.717, 1.165) is 13.0 Å². The molecule has 3 aromatic rings. The van der Waals surface area contributed by atoms with Crippen LogP contribution in [0, 0.1) is 0 Å². The van der Waals surface area contributed by atoms with E-state index in [2.05, 4.69) is 44.8 Å². The molecule has 2 atom stereocenters. The van der Waals surface area contributed by atoms with E-state index >= 15 is 0 Å². The molecule has 1 aromatic carbocycles. The van der Waals surface area contributed by atoms with Crippen molar-refractivity contribution in [2.75, 3.05) is 18.9 Å². The fourth-order valence-electron chi connectivity index (χ4n) is 3.43. The van der Waals surface area contributed by atoms with E-state index in [1.165, 1.54) is 5.56 Å². The van der Waals surface area contributed by atoms with E-state index in [9.17, 15) is 4.79 Å². The number of amides is 2. The van der Waals surface area contributed by atoms with Gasteiger partial charge in [-0.2, -0.15) is 4.98 Å². The van der Waals surface area contributed by atoms with Crippen molar-refractivity contribution >= 4 is 17.6 Å². The van der Waals surface area contributed by atoms with Crippen molar-refractivity contribution in [2.24, 2.45) is 0 Å². The van der Waals surface area contributed by atoms with E-state index in [1.54, 1.807) is 10.7 Å². The van der Waals surface area contributed by atoms with Gasteiger partial charge in [0.25, 0.3) is 5.95 Å². The van der Waals surface area contributed by atoms with Crippen LogP contribution >= 0.6 is 0 Å². The first kappa shape index (κ1) is 15.6. The number of likely N-dealkylation sites (N-methyl/N-ethyl adjacent to an activating group) is 1. The number of carbonyl (C=O) groups is 1. The van der Waals surface area contributed by atoms with Crippen molar-refractivity contribution in [3.05, 3.63) is 60.3 Å². The first-order chi connectivity index (χ1) is 12.2. The zero-order valence-corrected chi connectivity index (χ0v) is 14.0. The Morgan fingerprint density at radius 2 is 1.96 bits per heavy atom. The van der Waals surface area contributed by atoms with Gasteiger partial charge in [0.2, 0.25) is 0 Å². The average Bonchev–Trinajstić information content (AvgIpc) is 3.18. The summed E-state index contributed by atoms with van der Waals surface area (Å²) in [5.41, 5.74) is 1.90. The Balaban J connectivity index is 1.46. The molecule has 4 rings (SSSR count). The molecule has 2 aromatic heterocycles. The maximum Gasteiger partial charge on any atom is 0.321 e. The Labute approximate surface area is 145 Å². The second kappa shape index (κ2) is 6.52. The van der Waals surface area contributed by atoms with E-state index in [-0.39, 0.29) is 18.1 Å². The van der Waals surface area contributed by atoms with Gasteiger partial charge in [0, 0.05) is 12.7 Å². The minimum atomic E-state index is -0.280. The molecule has 2 amide bonds. The topological polar surface area (TPSA) is 74.6 Å². The molecule has 7 nitrogen and oxygen atoms in total. The molecular weight excluding hydrogens is 316 g/mol. The number of rotatable bonds is 3. The van der Waals surface area contributed by atoms with E-state index in [4.69, 9.17) is 0 Å². The monoisotopic (exact) mass is 336 g/mol. The number of aromatic nitrogens is 3. The van der Waals surface area contributed by atoms with Crippen LogP contribution in [0.15, 0.2) is 54.7 Å². The van der Waals surface area contributed by atoms with Crippen LogP contribution in [-0.4, -0.2) is 45.2 Å². The van der Waals surface area contributed by atoms with Gasteiger partial charge in [0.05, 0.1) is 12.1 Å². The number of anilines is 1. The highest BCUT2D eigenvalue weighted by molar-refractivity contribution is 5.87. The Bertz CT molecular complexity index is 844. The van der Waals surface area contributed by atoms with Crippen molar-refractivity contribution in [3.8, 4) is 0 Å². The third-order valence-electron chi connectivity index (χ3n) is 4.57. The lowest BCUT2D eigenvalue weighted by atomic mass is 10.0. The minimum Gasteiger partial charge on any atom is -0.333 e. The Morgan fingerprint density at radius 1 is 1.16 bits per heavy atom. The zero-order valence-electron chi connectivity index (χ0n) is 14.0. The summed E-state index contributed by atoms with van der Waals surface area (Å²) in [6, 6.07) is 15.8. The third kappa shape index (κ3) is 3.18. The SMILES string of the molecule is CN1CCC(NC(=O)Nc2nc3ccccn3n2)C1c1ccccc1. The molecule has 25 heavy (non-hydrogen) atoms. The molecule has 1 aliphatic heterocycles. The van der Waals surface area contributed by atoms with Crippen molar-refractivity contribution in [1.29, 1.82) is 0 Å². The molecule has 2 N–H and O–H groups in total. The van der Waals surface area contributed by atoms with Crippen LogP contribution in [-0.2, 0) is 0 Å². The zero-order chi connectivity index (χ0) is 17.2. The van der Waals surface area contributed by atoms with Crippen molar-refractivity contribution in [2.45, 2.75) is 18.5 Å². The Morgan fingerprint density at radius 3 is 2.76 bits per heavy atom. The number of fused-ring (bicyclic) bond motifs is 1.